The molecule has 0 N–H and O–H groups in total. The zero-order chi connectivity index (χ0) is 14.7. The van der Waals surface area contributed by atoms with Gasteiger partial charge < -0.3 is 14.7 Å². The van der Waals surface area contributed by atoms with Crippen molar-refractivity contribution in [2.24, 2.45) is 11.8 Å². The van der Waals surface area contributed by atoms with Crippen LogP contribution < -0.4 is 0 Å². The van der Waals surface area contributed by atoms with Gasteiger partial charge in [-0.05, 0) is 60.5 Å². The van der Waals surface area contributed by atoms with Crippen LogP contribution in [-0.2, 0) is 0 Å². The Bertz CT molecular complexity index is 263. The molecule has 0 aromatic carbocycles. The number of hydrogen-bond donors (Lipinski definition) is 0. The van der Waals surface area contributed by atoms with E-state index in [4.69, 9.17) is 0 Å². The number of nitrogens with zero attached hydrogens (tertiary/aromatic N) is 3. The first kappa shape index (κ1) is 16.9. The first-order chi connectivity index (χ1) is 8.82. The summed E-state index contributed by atoms with van der Waals surface area (Å²) in [6, 6.07) is 1.95. The van der Waals surface area contributed by atoms with Crippen LogP contribution in [0, 0.1) is 11.8 Å². The molecule has 0 amide bonds. The highest BCUT2D eigenvalue weighted by Crippen LogP contribution is 2.41. The molecular weight excluding hydrogens is 234 g/mol. The van der Waals surface area contributed by atoms with Gasteiger partial charge in [0.15, 0.2) is 0 Å². The average Bonchev–Trinajstić information content (AvgIpc) is 2.59. The van der Waals surface area contributed by atoms with Gasteiger partial charge in [0.25, 0.3) is 0 Å². The molecule has 0 heterocycles. The van der Waals surface area contributed by atoms with Crippen LogP contribution in [0.15, 0.2) is 0 Å². The minimum atomic E-state index is 0.627. The molecule has 0 aromatic rings. The van der Waals surface area contributed by atoms with E-state index in [1.54, 1.807) is 0 Å². The summed E-state index contributed by atoms with van der Waals surface area (Å²) in [4.78, 5) is 7.35. The molecule has 0 aromatic heterocycles. The lowest BCUT2D eigenvalue weighted by Gasteiger charge is -2.38. The molecule has 1 rings (SSSR count). The maximum Gasteiger partial charge on any atom is 0.0406 e. The molecule has 1 aliphatic carbocycles. The number of unbranched alkanes of at least 4 members (excludes halogenated alkanes) is 1. The molecule has 1 saturated carbocycles. The van der Waals surface area contributed by atoms with Gasteiger partial charge in [-0.25, -0.2) is 0 Å². The Hall–Kier alpha value is -0.120. The smallest absolute Gasteiger partial charge is 0.0406 e. The first-order valence-corrected chi connectivity index (χ1v) is 7.82. The summed E-state index contributed by atoms with van der Waals surface area (Å²) in [5.74, 6) is 1.58. The van der Waals surface area contributed by atoms with Crippen LogP contribution in [0.4, 0.5) is 0 Å². The summed E-state index contributed by atoms with van der Waals surface area (Å²) < 4.78 is 0. The molecule has 114 valence electrons. The van der Waals surface area contributed by atoms with Gasteiger partial charge >= 0.3 is 0 Å². The van der Waals surface area contributed by atoms with Crippen LogP contribution >= 0.6 is 0 Å². The summed E-state index contributed by atoms with van der Waals surface area (Å²) in [5.41, 5.74) is 0. The monoisotopic (exact) mass is 269 g/mol. The van der Waals surface area contributed by atoms with Crippen LogP contribution in [0.1, 0.15) is 33.1 Å². The second kappa shape index (κ2) is 7.05. The third kappa shape index (κ3) is 3.50. The first-order valence-electron chi connectivity index (χ1n) is 7.82. The maximum atomic E-state index is 2.46. The van der Waals surface area contributed by atoms with Gasteiger partial charge in [0.1, 0.15) is 0 Å². The van der Waals surface area contributed by atoms with Crippen molar-refractivity contribution in [2.75, 3.05) is 42.3 Å². The fourth-order valence-corrected chi connectivity index (χ4v) is 4.28. The fraction of sp³-hybridized carbons (Fsp3) is 1.00. The topological polar surface area (TPSA) is 9.72 Å². The van der Waals surface area contributed by atoms with E-state index >= 15 is 0 Å². The second-order valence-electron chi connectivity index (χ2n) is 7.03. The van der Waals surface area contributed by atoms with Crippen molar-refractivity contribution < 1.29 is 0 Å². The van der Waals surface area contributed by atoms with Crippen LogP contribution in [0.2, 0.25) is 0 Å². The molecule has 1 fully saturated rings. The Balaban J connectivity index is 3.03. The van der Waals surface area contributed by atoms with Crippen molar-refractivity contribution in [1.29, 1.82) is 0 Å². The zero-order valence-corrected chi connectivity index (χ0v) is 14.3. The molecule has 0 saturated heterocycles. The van der Waals surface area contributed by atoms with Crippen molar-refractivity contribution in [3.05, 3.63) is 0 Å². The second-order valence-corrected chi connectivity index (χ2v) is 7.03. The normalized spacial score (nSPS) is 35.8. The Morgan fingerprint density at radius 3 is 1.58 bits per heavy atom. The van der Waals surface area contributed by atoms with Gasteiger partial charge in [0, 0.05) is 18.1 Å². The van der Waals surface area contributed by atoms with Gasteiger partial charge in [-0.2, -0.15) is 0 Å². The Labute approximate surface area is 120 Å². The lowest BCUT2D eigenvalue weighted by Crippen LogP contribution is -2.53. The highest BCUT2D eigenvalue weighted by molar-refractivity contribution is 5.06. The predicted octanol–water partition coefficient (Wildman–Crippen LogP) is 2.23. The van der Waals surface area contributed by atoms with E-state index in [1.165, 1.54) is 19.3 Å². The predicted molar refractivity (Wildman–Crippen MR) is 84.6 cm³/mol. The van der Waals surface area contributed by atoms with Crippen LogP contribution in [0.3, 0.4) is 0 Å². The van der Waals surface area contributed by atoms with Crippen molar-refractivity contribution in [1.82, 2.24) is 14.7 Å². The van der Waals surface area contributed by atoms with Gasteiger partial charge in [0.05, 0.1) is 0 Å². The summed E-state index contributed by atoms with van der Waals surface area (Å²) >= 11 is 0. The molecule has 0 radical (unpaired) electrons. The molecule has 19 heavy (non-hydrogen) atoms. The molecule has 3 nitrogen and oxygen atoms in total. The van der Waals surface area contributed by atoms with Gasteiger partial charge in [-0.1, -0.05) is 26.7 Å². The summed E-state index contributed by atoms with van der Waals surface area (Å²) in [6.45, 7) is 4.77. The highest BCUT2D eigenvalue weighted by atomic mass is 15.3. The van der Waals surface area contributed by atoms with Gasteiger partial charge in [0.2, 0.25) is 0 Å². The molecule has 1 aliphatic rings. The van der Waals surface area contributed by atoms with E-state index in [2.05, 4.69) is 70.8 Å². The number of likely N-dealkylation sites (N-methyl/N-ethyl adjacent to an activating group) is 3. The van der Waals surface area contributed by atoms with Crippen molar-refractivity contribution >= 4 is 0 Å². The van der Waals surface area contributed by atoms with Crippen molar-refractivity contribution in [3.8, 4) is 0 Å². The molecule has 5 atom stereocenters. The molecule has 5 unspecified atom stereocenters. The van der Waals surface area contributed by atoms with E-state index in [0.717, 1.165) is 11.8 Å². The average molecular weight is 269 g/mol. The lowest BCUT2D eigenvalue weighted by atomic mass is 9.88. The van der Waals surface area contributed by atoms with Crippen LogP contribution in [0.25, 0.3) is 0 Å². The van der Waals surface area contributed by atoms with Crippen molar-refractivity contribution in [3.63, 3.8) is 0 Å². The largest absolute Gasteiger partial charge is 0.305 e. The van der Waals surface area contributed by atoms with Crippen LogP contribution in [0.5, 0.6) is 0 Å². The van der Waals surface area contributed by atoms with E-state index in [1.807, 2.05) is 0 Å². The number of rotatable bonds is 6. The molecule has 0 spiro atoms. The number of hydrogen-bond acceptors (Lipinski definition) is 3. The lowest BCUT2D eigenvalue weighted by molar-refractivity contribution is 0.107. The molecule has 0 aliphatic heterocycles. The fourth-order valence-electron chi connectivity index (χ4n) is 4.28. The Morgan fingerprint density at radius 2 is 1.21 bits per heavy atom. The molecule has 0 bridgehead atoms. The summed E-state index contributed by atoms with van der Waals surface area (Å²) in [7, 11) is 13.5. The van der Waals surface area contributed by atoms with E-state index in [-0.39, 0.29) is 0 Å². The minimum absolute atomic E-state index is 0.627. The summed E-state index contributed by atoms with van der Waals surface area (Å²) in [6.07, 6.45) is 4.04. The zero-order valence-electron chi connectivity index (χ0n) is 14.3. The summed E-state index contributed by atoms with van der Waals surface area (Å²) in [5, 5.41) is 0. The quantitative estimate of drug-likeness (QED) is 0.732. The minimum Gasteiger partial charge on any atom is -0.305 e. The molecule has 3 heteroatoms. The SMILES string of the molecule is CCCCC1C(C)C(N(C)C)C(N(C)C)C1N(C)C. The molecular formula is C16H35N3. The van der Waals surface area contributed by atoms with Crippen molar-refractivity contribution in [2.45, 2.75) is 51.2 Å². The Morgan fingerprint density at radius 1 is 0.737 bits per heavy atom. The third-order valence-electron chi connectivity index (χ3n) is 5.03. The standard InChI is InChI=1S/C16H35N3/c1-9-10-11-13-12(2)14(17(3)4)16(19(7)8)15(13)18(5)6/h12-16H,9-11H2,1-8H3. The maximum absolute atomic E-state index is 2.46. The third-order valence-corrected chi connectivity index (χ3v) is 5.03. The highest BCUT2D eigenvalue weighted by Gasteiger charge is 2.50. The van der Waals surface area contributed by atoms with Gasteiger partial charge in [-0.15, -0.1) is 0 Å². The Kier molecular flexibility index (Phi) is 6.28. The van der Waals surface area contributed by atoms with E-state index in [9.17, 15) is 0 Å². The van der Waals surface area contributed by atoms with E-state index in [0.29, 0.717) is 18.1 Å². The van der Waals surface area contributed by atoms with Gasteiger partial charge in [-0.3, -0.25) is 0 Å². The van der Waals surface area contributed by atoms with Crippen LogP contribution in [-0.4, -0.2) is 75.1 Å². The van der Waals surface area contributed by atoms with E-state index < -0.39 is 0 Å².